The smallest absolute Gasteiger partial charge is 0.410 e. The highest BCUT2D eigenvalue weighted by atomic mass is 16.6. The van der Waals surface area contributed by atoms with Crippen LogP contribution in [0.1, 0.15) is 52.0 Å². The van der Waals surface area contributed by atoms with E-state index in [2.05, 4.69) is 52.5 Å². The number of likely N-dealkylation sites (N-methyl/N-ethyl adjacent to an activating group) is 2. The van der Waals surface area contributed by atoms with E-state index in [0.717, 1.165) is 43.7 Å². The molecule has 6 atom stereocenters. The van der Waals surface area contributed by atoms with E-state index < -0.39 is 24.3 Å². The Balaban J connectivity index is 1.53. The van der Waals surface area contributed by atoms with Gasteiger partial charge < -0.3 is 34.6 Å². The van der Waals surface area contributed by atoms with Crippen molar-refractivity contribution in [3.05, 3.63) is 47.6 Å². The number of hydrogen-bond acceptors (Lipinski definition) is 8. The van der Waals surface area contributed by atoms with Crippen molar-refractivity contribution in [1.82, 2.24) is 15.1 Å². The first kappa shape index (κ1) is 32.0. The minimum absolute atomic E-state index is 0.0131. The van der Waals surface area contributed by atoms with Gasteiger partial charge in [0, 0.05) is 56.9 Å². The number of carbonyl (C=O) groups excluding carboxylic acids is 2. The summed E-state index contributed by atoms with van der Waals surface area (Å²) < 4.78 is 12.0. The summed E-state index contributed by atoms with van der Waals surface area (Å²) in [5.74, 6) is -0.589. The maximum atomic E-state index is 13.0. The topological polar surface area (TPSA) is 94.6 Å². The molecule has 232 valence electrons. The zero-order valence-corrected chi connectivity index (χ0v) is 26.0. The molecule has 9 heteroatoms. The van der Waals surface area contributed by atoms with Gasteiger partial charge in [-0.05, 0) is 75.5 Å². The Morgan fingerprint density at radius 1 is 1.10 bits per heavy atom. The number of benzene rings is 1. The fourth-order valence-corrected chi connectivity index (χ4v) is 6.02. The van der Waals surface area contributed by atoms with E-state index in [0.29, 0.717) is 32.0 Å². The van der Waals surface area contributed by atoms with Crippen LogP contribution >= 0.6 is 0 Å². The summed E-state index contributed by atoms with van der Waals surface area (Å²) in [5.41, 5.74) is 3.14. The Hall–Kier alpha value is -2.88. The molecule has 0 aromatic heterocycles. The minimum atomic E-state index is -0.809. The third-order valence-corrected chi connectivity index (χ3v) is 8.93. The maximum absolute atomic E-state index is 13.0. The average Bonchev–Trinajstić information content (AvgIpc) is 3.46. The number of anilines is 1. The van der Waals surface area contributed by atoms with Gasteiger partial charge in [-0.15, -0.1) is 0 Å². The van der Waals surface area contributed by atoms with Gasteiger partial charge in [0.25, 0.3) is 0 Å². The number of amides is 1. The highest BCUT2D eigenvalue weighted by Gasteiger charge is 2.29. The second kappa shape index (κ2) is 15.0. The molecule has 4 rings (SSSR count). The lowest BCUT2D eigenvalue weighted by molar-refractivity contribution is -0.151. The van der Waals surface area contributed by atoms with Gasteiger partial charge in [-0.25, -0.2) is 4.79 Å². The van der Waals surface area contributed by atoms with Gasteiger partial charge in [0.1, 0.15) is 12.2 Å². The number of carbonyl (C=O) groups is 2. The SMILES string of the molecule is CN[C@H]1CCN(c2cccc(/C=C(\C)[C@H]3OC(=O)C[C@H](O)CC[C@H](C)[C@@H](OC(=O)N4CCN(C)CC4)/C=C\[C@@H]3C)c2)C1. The van der Waals surface area contributed by atoms with E-state index >= 15 is 0 Å². The molecule has 3 aliphatic heterocycles. The number of piperazine rings is 1. The lowest BCUT2D eigenvalue weighted by Gasteiger charge is -2.33. The van der Waals surface area contributed by atoms with Gasteiger partial charge >= 0.3 is 12.1 Å². The summed E-state index contributed by atoms with van der Waals surface area (Å²) in [4.78, 5) is 32.3. The van der Waals surface area contributed by atoms with Crippen molar-refractivity contribution in [2.45, 2.75) is 70.8 Å². The quantitative estimate of drug-likeness (QED) is 0.399. The molecule has 0 spiro atoms. The van der Waals surface area contributed by atoms with Crippen LogP contribution in [0.4, 0.5) is 10.5 Å². The van der Waals surface area contributed by atoms with E-state index in [-0.39, 0.29) is 24.3 Å². The Kier molecular flexibility index (Phi) is 11.5. The first-order chi connectivity index (χ1) is 20.1. The number of aliphatic hydroxyl groups excluding tert-OH is 1. The first-order valence-electron chi connectivity index (χ1n) is 15.5. The summed E-state index contributed by atoms with van der Waals surface area (Å²) in [6.07, 6.45) is 6.06. The van der Waals surface area contributed by atoms with Crippen LogP contribution in [0, 0.1) is 11.8 Å². The number of cyclic esters (lactones) is 1. The molecule has 2 fully saturated rings. The van der Waals surface area contributed by atoms with E-state index in [1.54, 1.807) is 4.90 Å². The van der Waals surface area contributed by atoms with Crippen LogP contribution in [0.25, 0.3) is 6.08 Å². The van der Waals surface area contributed by atoms with Gasteiger partial charge in [-0.1, -0.05) is 38.1 Å². The first-order valence-corrected chi connectivity index (χ1v) is 15.5. The second-order valence-electron chi connectivity index (χ2n) is 12.4. The zero-order chi connectivity index (χ0) is 30.2. The molecule has 1 amide bonds. The van der Waals surface area contributed by atoms with Crippen molar-refractivity contribution in [3.63, 3.8) is 0 Å². The Morgan fingerprint density at radius 3 is 2.57 bits per heavy atom. The normalized spacial score (nSPS) is 31.2. The average molecular weight is 583 g/mol. The van der Waals surface area contributed by atoms with Crippen LogP contribution in [0.15, 0.2) is 42.0 Å². The molecule has 0 saturated carbocycles. The van der Waals surface area contributed by atoms with E-state index in [9.17, 15) is 14.7 Å². The highest BCUT2D eigenvalue weighted by Crippen LogP contribution is 2.27. The molecule has 3 aliphatic rings. The molecular formula is C33H50N4O5. The number of nitrogens with zero attached hydrogens (tertiary/aromatic N) is 3. The molecule has 1 aromatic carbocycles. The van der Waals surface area contributed by atoms with E-state index in [4.69, 9.17) is 9.47 Å². The number of esters is 1. The van der Waals surface area contributed by atoms with Gasteiger partial charge in [0.05, 0.1) is 12.5 Å². The van der Waals surface area contributed by atoms with Crippen LogP contribution in [0.5, 0.6) is 0 Å². The van der Waals surface area contributed by atoms with Crippen molar-refractivity contribution in [1.29, 1.82) is 0 Å². The number of aliphatic hydroxyl groups is 1. The fraction of sp³-hybridized carbons (Fsp3) is 0.636. The Morgan fingerprint density at radius 2 is 1.86 bits per heavy atom. The second-order valence-corrected chi connectivity index (χ2v) is 12.4. The molecule has 0 aliphatic carbocycles. The predicted molar refractivity (Wildman–Crippen MR) is 166 cm³/mol. The third kappa shape index (κ3) is 8.82. The molecule has 0 bridgehead atoms. The van der Waals surface area contributed by atoms with Crippen molar-refractivity contribution >= 4 is 23.8 Å². The Bertz CT molecular complexity index is 1120. The molecule has 1 aromatic rings. The lowest BCUT2D eigenvalue weighted by atomic mass is 9.91. The van der Waals surface area contributed by atoms with Crippen LogP contribution in [0.3, 0.4) is 0 Å². The fourth-order valence-electron chi connectivity index (χ4n) is 6.02. The summed E-state index contributed by atoms with van der Waals surface area (Å²) in [6, 6.07) is 8.94. The lowest BCUT2D eigenvalue weighted by Crippen LogP contribution is -2.48. The number of ether oxygens (including phenoxy) is 2. The Labute approximate surface area is 251 Å². The predicted octanol–water partition coefficient (Wildman–Crippen LogP) is 3.93. The van der Waals surface area contributed by atoms with Crippen molar-refractivity contribution < 1.29 is 24.2 Å². The molecule has 3 heterocycles. The molecule has 9 nitrogen and oxygen atoms in total. The molecule has 42 heavy (non-hydrogen) atoms. The van der Waals surface area contributed by atoms with Crippen molar-refractivity contribution in [3.8, 4) is 0 Å². The third-order valence-electron chi connectivity index (χ3n) is 8.93. The standard InChI is InChI=1S/C33H50N4O5/c1-23-9-11-29(38)21-31(39)42-32(24(2)10-12-30(23)41-33(40)36-17-15-35(5)16-18-36)25(3)19-26-7-6-8-28(20-26)37-14-13-27(22-37)34-4/h6-8,10,12,19-20,23-24,27,29-30,32,34,38H,9,11,13-18,21-22H2,1-5H3/b12-10-,25-19+/t23-,24-,27-,29+,30-,32-/m0/s1. The van der Waals surface area contributed by atoms with Crippen LogP contribution in [0.2, 0.25) is 0 Å². The van der Waals surface area contributed by atoms with Crippen molar-refractivity contribution in [2.24, 2.45) is 11.8 Å². The van der Waals surface area contributed by atoms with E-state index in [1.807, 2.05) is 40.0 Å². The largest absolute Gasteiger partial charge is 0.457 e. The van der Waals surface area contributed by atoms with Gasteiger partial charge in [0.2, 0.25) is 0 Å². The van der Waals surface area contributed by atoms with Crippen LogP contribution in [-0.2, 0) is 14.3 Å². The van der Waals surface area contributed by atoms with Gasteiger partial charge in [-0.3, -0.25) is 4.79 Å². The highest BCUT2D eigenvalue weighted by molar-refractivity contribution is 5.71. The number of hydrogen-bond donors (Lipinski definition) is 2. The van der Waals surface area contributed by atoms with Gasteiger partial charge in [-0.2, -0.15) is 0 Å². The molecular weight excluding hydrogens is 532 g/mol. The summed E-state index contributed by atoms with van der Waals surface area (Å²) in [7, 11) is 4.06. The minimum Gasteiger partial charge on any atom is -0.457 e. The van der Waals surface area contributed by atoms with E-state index in [1.165, 1.54) is 5.69 Å². The summed E-state index contributed by atoms with van der Waals surface area (Å²) in [6.45, 7) is 11.0. The number of rotatable bonds is 5. The zero-order valence-electron chi connectivity index (χ0n) is 26.0. The molecule has 2 N–H and O–H groups in total. The number of nitrogens with one attached hydrogen (secondary N) is 1. The van der Waals surface area contributed by atoms with Crippen molar-refractivity contribution in [2.75, 3.05) is 58.3 Å². The maximum Gasteiger partial charge on any atom is 0.410 e. The summed E-state index contributed by atoms with van der Waals surface area (Å²) >= 11 is 0. The monoisotopic (exact) mass is 582 g/mol. The molecule has 0 unspecified atom stereocenters. The van der Waals surface area contributed by atoms with Gasteiger partial charge in [0.15, 0.2) is 0 Å². The van der Waals surface area contributed by atoms with Crippen LogP contribution < -0.4 is 10.2 Å². The molecule has 2 saturated heterocycles. The van der Waals surface area contributed by atoms with Crippen LogP contribution in [-0.4, -0.2) is 105 Å². The molecule has 0 radical (unpaired) electrons. The summed E-state index contributed by atoms with van der Waals surface area (Å²) in [5, 5.41) is 14.0.